The molecule has 14 nitrogen and oxygen atoms in total. The van der Waals surface area contributed by atoms with Crippen LogP contribution >= 0.6 is 31.0 Å². The first-order valence-corrected chi connectivity index (χ1v) is 22.3. The minimum Gasteiger partial charge on any atom is -0.361 e. The summed E-state index contributed by atoms with van der Waals surface area (Å²) in [5.41, 5.74) is 16.1. The fourth-order valence-electron chi connectivity index (χ4n) is 7.25. The summed E-state index contributed by atoms with van der Waals surface area (Å²) < 4.78 is 12.0. The Hall–Kier alpha value is -4.57. The molecule has 0 aliphatic carbocycles. The van der Waals surface area contributed by atoms with Crippen molar-refractivity contribution < 1.29 is 28.7 Å². The standard InChI is InChI=1S/C42H50ClN8O6PS/c1-51-37(22-28-24-47-34-10-3-2-9-31(28)34)40(53)49-25-32-30(26-13-15-29(16-14-26)58(55,56)57)17-18-33(43)38(32)59-41-27(8-7-21-46-41)23-48-35(12-6-20-45)39(52)50-36(42(51)54)11-4-5-19-44/h2-3,7-10,13-18,21,24,35-37,47-48H,4-6,11-12,19-20,22-23,25,44-45H2,1H3,(H,49,53)(H,50,52)(H2,55,56,57)/t35-,36-,37-/m0/s1. The third-order valence-corrected chi connectivity index (χ3v) is 13.2. The molecule has 0 fully saturated rings. The lowest BCUT2D eigenvalue weighted by Crippen LogP contribution is -2.57. The number of nitrogens with one attached hydrogen (secondary N) is 4. The number of hydrogen-bond acceptors (Lipinski definition) is 9. The molecule has 1 aliphatic rings. The van der Waals surface area contributed by atoms with Crippen molar-refractivity contribution in [3.63, 3.8) is 0 Å². The summed E-state index contributed by atoms with van der Waals surface area (Å²) in [5, 5.41) is 11.3. The summed E-state index contributed by atoms with van der Waals surface area (Å²) in [6.07, 6.45) is 6.16. The number of para-hydroxylation sites is 1. The number of fused-ring (bicyclic) bond motifs is 3. The lowest BCUT2D eigenvalue weighted by atomic mass is 9.98. The Balaban J connectivity index is 1.48. The molecule has 0 saturated carbocycles. The molecule has 3 heterocycles. The summed E-state index contributed by atoms with van der Waals surface area (Å²) in [7, 11) is -2.93. The molecule has 0 bridgehead atoms. The Morgan fingerprint density at radius 1 is 0.898 bits per heavy atom. The lowest BCUT2D eigenvalue weighted by Gasteiger charge is -2.32. The van der Waals surface area contributed by atoms with Crippen LogP contribution in [0.3, 0.4) is 0 Å². The van der Waals surface area contributed by atoms with Crippen molar-refractivity contribution in [1.82, 2.24) is 30.8 Å². The smallest absolute Gasteiger partial charge is 0.356 e. The van der Waals surface area contributed by atoms with Gasteiger partial charge in [0, 0.05) is 54.8 Å². The Morgan fingerprint density at radius 2 is 1.64 bits per heavy atom. The molecule has 0 saturated heterocycles. The van der Waals surface area contributed by atoms with E-state index in [1.54, 1.807) is 43.6 Å². The molecular formula is C42H50ClN8O6PS. The van der Waals surface area contributed by atoms with Gasteiger partial charge in [-0.1, -0.05) is 65.8 Å². The number of carbonyl (C=O) groups excluding carboxylic acids is 3. The number of aromatic amines is 1. The molecule has 5 aromatic rings. The van der Waals surface area contributed by atoms with Gasteiger partial charge in [0.15, 0.2) is 0 Å². The highest BCUT2D eigenvalue weighted by atomic mass is 35.5. The average Bonchev–Trinajstić information content (AvgIpc) is 3.64. The zero-order valence-electron chi connectivity index (χ0n) is 32.7. The predicted octanol–water partition coefficient (Wildman–Crippen LogP) is 4.35. The van der Waals surface area contributed by atoms with Crippen LogP contribution in [0.1, 0.15) is 48.8 Å². The molecule has 0 radical (unpaired) electrons. The van der Waals surface area contributed by atoms with Gasteiger partial charge in [0.2, 0.25) is 17.7 Å². The number of nitrogens with two attached hydrogens (primary N) is 2. The average molecular weight is 861 g/mol. The van der Waals surface area contributed by atoms with Gasteiger partial charge in [-0.05, 0) is 103 Å². The van der Waals surface area contributed by atoms with Crippen molar-refractivity contribution in [3.8, 4) is 11.1 Å². The van der Waals surface area contributed by atoms with Crippen molar-refractivity contribution in [2.45, 2.75) is 79.7 Å². The number of aromatic nitrogens is 2. The third kappa shape index (κ3) is 10.8. The zero-order chi connectivity index (χ0) is 42.1. The third-order valence-electron chi connectivity index (χ3n) is 10.5. The fraction of sp³-hybridized carbons (Fsp3) is 0.333. The van der Waals surface area contributed by atoms with E-state index in [1.807, 2.05) is 36.5 Å². The number of H-pyrrole nitrogens is 1. The van der Waals surface area contributed by atoms with E-state index < -0.39 is 37.5 Å². The molecule has 17 heteroatoms. The van der Waals surface area contributed by atoms with E-state index in [0.29, 0.717) is 76.8 Å². The van der Waals surface area contributed by atoms with Crippen molar-refractivity contribution in [1.29, 1.82) is 0 Å². The quantitative estimate of drug-likeness (QED) is 0.0688. The van der Waals surface area contributed by atoms with Crippen LogP contribution in [0.4, 0.5) is 0 Å². The highest BCUT2D eigenvalue weighted by Crippen LogP contribution is 2.42. The summed E-state index contributed by atoms with van der Waals surface area (Å²) >= 11 is 8.30. The van der Waals surface area contributed by atoms with E-state index in [-0.39, 0.29) is 30.7 Å². The Labute approximate surface area is 352 Å². The van der Waals surface area contributed by atoms with Crippen LogP contribution in [0.2, 0.25) is 5.02 Å². The molecule has 59 heavy (non-hydrogen) atoms. The Kier molecular flexibility index (Phi) is 15.0. The first-order chi connectivity index (χ1) is 28.4. The summed E-state index contributed by atoms with van der Waals surface area (Å²) in [5.74, 6) is -1.22. The van der Waals surface area contributed by atoms with E-state index >= 15 is 0 Å². The number of halogens is 1. The number of hydrogen-bond donors (Lipinski definition) is 8. The highest BCUT2D eigenvalue weighted by Gasteiger charge is 2.34. The van der Waals surface area contributed by atoms with Crippen LogP contribution in [0.15, 0.2) is 95.1 Å². The molecule has 6 rings (SSSR count). The van der Waals surface area contributed by atoms with E-state index in [9.17, 15) is 28.7 Å². The van der Waals surface area contributed by atoms with Crippen molar-refractivity contribution in [2.75, 3.05) is 20.1 Å². The van der Waals surface area contributed by atoms with Crippen LogP contribution in [0, 0.1) is 0 Å². The number of benzene rings is 3. The number of unbranched alkanes of at least 4 members (excludes halogenated alkanes) is 1. The summed E-state index contributed by atoms with van der Waals surface area (Å²) in [6.45, 7) is 1.02. The van der Waals surface area contributed by atoms with Gasteiger partial charge in [-0.15, -0.1) is 0 Å². The maximum absolute atomic E-state index is 14.7. The van der Waals surface area contributed by atoms with Gasteiger partial charge in [0.1, 0.15) is 17.1 Å². The number of pyridine rings is 1. The number of nitrogens with zero attached hydrogens (tertiary/aromatic N) is 2. The first-order valence-electron chi connectivity index (χ1n) is 19.5. The topological polar surface area (TPSA) is 229 Å². The van der Waals surface area contributed by atoms with Crippen molar-refractivity contribution in [2.24, 2.45) is 11.5 Å². The van der Waals surface area contributed by atoms with E-state index in [4.69, 9.17) is 28.1 Å². The highest BCUT2D eigenvalue weighted by molar-refractivity contribution is 7.99. The number of carbonyl (C=O) groups is 3. The van der Waals surface area contributed by atoms with Crippen molar-refractivity contribution >= 4 is 64.9 Å². The second-order valence-electron chi connectivity index (χ2n) is 14.5. The monoisotopic (exact) mass is 860 g/mol. The van der Waals surface area contributed by atoms with Crippen LogP contribution in [0.5, 0.6) is 0 Å². The van der Waals surface area contributed by atoms with Crippen LogP contribution in [-0.2, 0) is 38.5 Å². The summed E-state index contributed by atoms with van der Waals surface area (Å²) in [6, 6.07) is 18.3. The van der Waals surface area contributed by atoms with Crippen LogP contribution < -0.4 is 32.7 Å². The minimum absolute atomic E-state index is 0.0258. The molecule has 312 valence electrons. The second kappa shape index (κ2) is 20.1. The van der Waals surface area contributed by atoms with Crippen molar-refractivity contribution in [3.05, 3.63) is 107 Å². The fourth-order valence-corrected chi connectivity index (χ4v) is 9.13. The number of amides is 3. The Morgan fingerprint density at radius 3 is 2.39 bits per heavy atom. The number of rotatable bonds is 11. The maximum Gasteiger partial charge on any atom is 0.356 e. The first kappa shape index (κ1) is 44.0. The van der Waals surface area contributed by atoms with Gasteiger partial charge >= 0.3 is 7.60 Å². The molecule has 2 aromatic heterocycles. The van der Waals surface area contributed by atoms with Gasteiger partial charge in [-0.3, -0.25) is 18.9 Å². The Bertz CT molecular complexity index is 2320. The van der Waals surface area contributed by atoms with Gasteiger partial charge in [0.05, 0.1) is 16.4 Å². The van der Waals surface area contributed by atoms with Gasteiger partial charge < -0.3 is 47.1 Å². The van der Waals surface area contributed by atoms with Gasteiger partial charge in [0.25, 0.3) is 0 Å². The van der Waals surface area contributed by atoms with Crippen LogP contribution in [0.25, 0.3) is 22.0 Å². The molecule has 0 spiro atoms. The lowest BCUT2D eigenvalue weighted by molar-refractivity contribution is -0.142. The molecule has 3 atom stereocenters. The molecule has 3 amide bonds. The zero-order valence-corrected chi connectivity index (χ0v) is 35.2. The van der Waals surface area contributed by atoms with Gasteiger partial charge in [-0.2, -0.15) is 0 Å². The molecule has 0 unspecified atom stereocenters. The molecule has 1 aliphatic heterocycles. The number of likely N-dealkylation sites (N-methyl/N-ethyl adjacent to an activating group) is 1. The SMILES string of the molecule is CN1C(=O)[C@H](CCCCN)NC(=O)[C@H](CCCN)NCc2cccnc2Sc2c(Cl)ccc(-c3ccc(P(=O)(O)O)cc3)c2CNC(=O)[C@@H]1Cc1c[nH]c2ccccc12. The second-order valence-corrected chi connectivity index (χ2v) is 17.5. The van der Waals surface area contributed by atoms with E-state index in [0.717, 1.165) is 22.0 Å². The summed E-state index contributed by atoms with van der Waals surface area (Å²) in [4.78, 5) is 73.0. The predicted molar refractivity (Wildman–Crippen MR) is 231 cm³/mol. The largest absolute Gasteiger partial charge is 0.361 e. The van der Waals surface area contributed by atoms with Crippen LogP contribution in [-0.4, -0.2) is 80.6 Å². The normalized spacial score (nSPS) is 18.5. The van der Waals surface area contributed by atoms with E-state index in [2.05, 4.69) is 20.9 Å². The van der Waals surface area contributed by atoms with Gasteiger partial charge in [-0.25, -0.2) is 4.98 Å². The molecular weight excluding hydrogens is 811 g/mol. The van der Waals surface area contributed by atoms with E-state index in [1.165, 1.54) is 28.8 Å². The minimum atomic E-state index is -4.51. The molecule has 3 aromatic carbocycles. The molecule has 10 N–H and O–H groups in total. The maximum atomic E-state index is 14.7.